The van der Waals surface area contributed by atoms with Gasteiger partial charge < -0.3 is 32.3 Å². The number of rotatable bonds is 21. The van der Waals surface area contributed by atoms with Gasteiger partial charge in [-0.3, -0.25) is 48.5 Å². The lowest BCUT2D eigenvalue weighted by molar-refractivity contribution is -0.385. The molecule has 0 atom stereocenters. The van der Waals surface area contributed by atoms with Crippen LogP contribution in [0, 0.1) is 20.2 Å². The van der Waals surface area contributed by atoms with Crippen LogP contribution in [0.5, 0.6) is 0 Å². The Kier molecular flexibility index (Phi) is 31.3. The normalized spacial score (nSPS) is 10.4. The number of hydrogen-bond donors (Lipinski definition) is 6. The molecule has 0 fully saturated rings. The highest BCUT2D eigenvalue weighted by molar-refractivity contribution is 6.68. The number of nitrogens with two attached hydrogens (primary N) is 1. The smallest absolute Gasteiger partial charge is 0.399 e. The first-order valence-electron chi connectivity index (χ1n) is 42.4. The van der Waals surface area contributed by atoms with Gasteiger partial charge in [0.1, 0.15) is 22.7 Å². The zero-order chi connectivity index (χ0) is 95.2. The van der Waals surface area contributed by atoms with E-state index in [0.29, 0.717) is 45.3 Å². The molecule has 26 nitrogen and oxygen atoms in total. The predicted octanol–water partition coefficient (Wildman–Crippen LogP) is 26.2. The molecule has 0 aliphatic carbocycles. The Balaban J connectivity index is 0.000000147. The van der Waals surface area contributed by atoms with Crippen LogP contribution in [0.25, 0.3) is 89.9 Å². The van der Waals surface area contributed by atoms with E-state index in [4.69, 9.17) is 50.5 Å². The van der Waals surface area contributed by atoms with Gasteiger partial charge in [-0.15, -0.1) is 0 Å². The summed E-state index contributed by atoms with van der Waals surface area (Å²) in [5, 5.41) is 35.1. The van der Waals surface area contributed by atoms with E-state index in [1.807, 2.05) is 219 Å². The predicted molar refractivity (Wildman–Crippen MR) is 544 cm³/mol. The maximum atomic E-state index is 13.0. The molecule has 137 heavy (non-hydrogen) atoms. The van der Waals surface area contributed by atoms with E-state index in [0.717, 1.165) is 113 Å². The third-order valence-electron chi connectivity index (χ3n) is 20.6. The van der Waals surface area contributed by atoms with Crippen LogP contribution in [-0.4, -0.2) is 81.2 Å². The number of benzene rings is 12. The number of pyridine rings is 6. The molecule has 20 aromatic rings. The quantitative estimate of drug-likeness (QED) is 0.0128. The summed E-state index contributed by atoms with van der Waals surface area (Å²) in [7, 11) is 0. The lowest BCUT2D eigenvalue weighted by Crippen LogP contribution is -2.13. The minimum Gasteiger partial charge on any atom is -0.399 e. The van der Waals surface area contributed by atoms with Crippen molar-refractivity contribution in [3.8, 4) is 67.5 Å². The van der Waals surface area contributed by atoms with Crippen LogP contribution in [0.2, 0.25) is 5.15 Å². The highest BCUT2D eigenvalue weighted by atomic mass is 35.5. The third kappa shape index (κ3) is 24.8. The Bertz CT molecular complexity index is 7180. The molecule has 8 aromatic heterocycles. The number of nitrogens with zero attached hydrogens (tertiary/aromatic N) is 12. The summed E-state index contributed by atoms with van der Waals surface area (Å²) in [6.45, 7) is 0. The molecule has 0 spiro atoms. The molecule has 20 rings (SSSR count). The Hall–Kier alpha value is -18.4. The van der Waals surface area contributed by atoms with Gasteiger partial charge in [0, 0.05) is 117 Å². The summed E-state index contributed by atoms with van der Waals surface area (Å²) in [6, 6.07) is 125. The molecule has 0 saturated heterocycles. The van der Waals surface area contributed by atoms with Gasteiger partial charge in [-0.05, 0) is 239 Å². The fraction of sp³-hybridized carbons (Fsp3) is 0. The van der Waals surface area contributed by atoms with Gasteiger partial charge in [0.15, 0.2) is 22.9 Å². The molecule has 2 amide bonds. The number of halogens is 3. The van der Waals surface area contributed by atoms with Crippen molar-refractivity contribution in [2.24, 2.45) is 0 Å². The molecule has 670 valence electrons. The Morgan fingerprint density at radius 3 is 0.898 bits per heavy atom. The van der Waals surface area contributed by atoms with Crippen LogP contribution in [-0.2, 0) is 0 Å². The van der Waals surface area contributed by atoms with Crippen molar-refractivity contribution in [3.63, 3.8) is 0 Å². The second kappa shape index (κ2) is 45.9. The maximum Gasteiger partial charge on any atom is 1.00 e. The topological polar surface area (TPSA) is 354 Å². The monoisotopic (exact) mass is 1860 g/mol. The highest BCUT2D eigenvalue weighted by Gasteiger charge is 2.21. The largest absolute Gasteiger partial charge is 1.00 e. The first-order valence-corrected chi connectivity index (χ1v) is 43.5. The first-order chi connectivity index (χ1) is 66.9. The molecule has 0 bridgehead atoms. The molecule has 7 N–H and O–H groups in total. The van der Waals surface area contributed by atoms with Crippen molar-refractivity contribution in [1.29, 1.82) is 0 Å². The molecule has 0 radical (unpaired) electrons. The van der Waals surface area contributed by atoms with Gasteiger partial charge in [-0.1, -0.05) is 218 Å². The van der Waals surface area contributed by atoms with Crippen molar-refractivity contribution in [3.05, 3.63) is 485 Å². The van der Waals surface area contributed by atoms with Crippen LogP contribution in [0.4, 0.5) is 63.0 Å². The molecule has 0 aliphatic heterocycles. The third-order valence-corrected chi connectivity index (χ3v) is 21.3. The fourth-order valence-corrected chi connectivity index (χ4v) is 14.3. The van der Waals surface area contributed by atoms with E-state index < -0.39 is 20.3 Å². The number of carbonyl (C=O) groups is 4. The van der Waals surface area contributed by atoms with Crippen LogP contribution in [0.15, 0.2) is 438 Å². The number of nitrogens with one attached hydrogen (secondary N) is 5. The molecule has 0 unspecified atom stereocenters. The molecule has 0 saturated carbocycles. The van der Waals surface area contributed by atoms with Crippen molar-refractivity contribution in [1.82, 2.24) is 49.0 Å². The average Bonchev–Trinajstić information content (AvgIpc) is 1.62. The summed E-state index contributed by atoms with van der Waals surface area (Å²) >= 11 is 16.1. The maximum absolute atomic E-state index is 13.0. The summed E-state index contributed by atoms with van der Waals surface area (Å²) < 4.78 is 4.24. The summed E-state index contributed by atoms with van der Waals surface area (Å²) in [6.07, 6.45) is 9.87. The van der Waals surface area contributed by atoms with Crippen molar-refractivity contribution >= 4 is 142 Å². The summed E-state index contributed by atoms with van der Waals surface area (Å²) in [4.78, 5) is 103. The number of amides is 2. The second-order valence-electron chi connectivity index (χ2n) is 29.7. The van der Waals surface area contributed by atoms with E-state index in [1.54, 1.807) is 109 Å². The molecular weight excluding hydrogens is 1780 g/mol. The number of nitrogen functional groups attached to an aromatic ring is 1. The number of para-hydroxylation sites is 6. The zero-order valence-corrected chi connectivity index (χ0v) is 74.7. The SMILES string of the molecule is Nc1ccccc1.O=C(Cl)c1ccc(-c2ccc(C(=O)Cl)cc2)cc1.O=C(Nc1cccnc1Nc1ccccc1)c1ccc(-c2ccc(C(=O)Nc3cccnc3Nc3ccccc3)cc2)cc1.O=[N+]([O-])c1cccnc1Cl.O=[N+]([O-])c1cccnc1Nc1ccccc1.[H+].c1ccc(-n2c(-c3ccc(-c4ccc(-c5nc6cccnc6n5-c5ccccc5)cc4)cc3)nc3cccnc32)cc1. The molecule has 29 heteroatoms. The number of fused-ring (bicyclic) bond motifs is 2. The molecule has 12 aromatic carbocycles. The van der Waals surface area contributed by atoms with Crippen molar-refractivity contribution in [2.45, 2.75) is 0 Å². The number of carbonyl (C=O) groups excluding carboxylic acids is 4. The average molecular weight is 1860 g/mol. The van der Waals surface area contributed by atoms with E-state index in [2.05, 4.69) is 138 Å². The lowest BCUT2D eigenvalue weighted by atomic mass is 10.0. The number of nitro groups is 2. The number of imidazole rings is 2. The van der Waals surface area contributed by atoms with Crippen LogP contribution < -0.4 is 32.3 Å². The number of aromatic nitrogens is 10. The first kappa shape index (κ1) is 93.3. The van der Waals surface area contributed by atoms with Gasteiger partial charge in [0.2, 0.25) is 11.0 Å². The zero-order valence-electron chi connectivity index (χ0n) is 73.4. The van der Waals surface area contributed by atoms with Gasteiger partial charge in [0.05, 0.1) is 21.2 Å². The van der Waals surface area contributed by atoms with E-state index in [9.17, 15) is 39.4 Å². The standard InChI is InChI=1S/C36H28N6O2.C36H24N6.C14H8Cl2O2.C11H9N3O2.C6H7N.C5H3ClN2O2/c43-35(41-31-13-7-23-37-33(31)39-29-9-3-1-4-10-29)27-19-15-25(16-20-27)26-17-21-28(22-18-26)36(44)42-32-14-8-24-38-34(32)40-30-11-5-2-6-12-30;1-3-9-29(10-4-1)41-33(39-31-13-7-23-37-35(31)41)27-19-15-25(16-20-27)26-17-21-28(22-18-26)34-40-32-14-8-24-38-36(32)42(34)30-11-5-2-6-12-30;15-13(17)11-5-1-9(2-6-11)10-3-7-12(8-4-10)14(16)18;15-14(16)10-7-4-8-12-11(10)13-9-5-2-1-3-6-9;7-6-4-2-1-3-5-6;6-5-4(8(9)10)2-1-3-7-5/h1-24H,(H,37,39)(H,38,40)(H,41,43)(H,42,44);1-24H;1-8H;1-8H,(H,12,13);1-5H,7H2;1-3H/p+1. The Labute approximate surface area is 801 Å². The minimum absolute atomic E-state index is 0. The summed E-state index contributed by atoms with van der Waals surface area (Å²) in [5.41, 5.74) is 25.1. The van der Waals surface area contributed by atoms with Crippen LogP contribution in [0.1, 0.15) is 42.9 Å². The van der Waals surface area contributed by atoms with Gasteiger partial charge >= 0.3 is 12.8 Å². The van der Waals surface area contributed by atoms with E-state index >= 15 is 0 Å². The second-order valence-corrected chi connectivity index (χ2v) is 30.8. The number of hydrogen-bond acceptors (Lipinski definition) is 20. The van der Waals surface area contributed by atoms with Crippen molar-refractivity contribution in [2.75, 3.05) is 32.3 Å². The van der Waals surface area contributed by atoms with Gasteiger partial charge in [-0.2, -0.15) is 0 Å². The highest BCUT2D eigenvalue weighted by Crippen LogP contribution is 2.35. The van der Waals surface area contributed by atoms with Crippen molar-refractivity contribution < 1.29 is 30.5 Å². The van der Waals surface area contributed by atoms with E-state index in [1.165, 1.54) is 36.7 Å². The van der Waals surface area contributed by atoms with Crippen LogP contribution >= 0.6 is 34.8 Å². The fourth-order valence-electron chi connectivity index (χ4n) is 13.9. The van der Waals surface area contributed by atoms with E-state index in [-0.39, 0.29) is 35.6 Å². The molecular formula is C108H80Cl3N18O8+. The lowest BCUT2D eigenvalue weighted by Gasteiger charge is -2.13. The summed E-state index contributed by atoms with van der Waals surface area (Å²) in [5.74, 6) is 2.60. The van der Waals surface area contributed by atoms with Crippen LogP contribution in [0.3, 0.4) is 0 Å². The van der Waals surface area contributed by atoms with Gasteiger partial charge in [-0.25, -0.2) is 39.9 Å². The van der Waals surface area contributed by atoms with Gasteiger partial charge in [0.25, 0.3) is 22.3 Å². The molecule has 0 aliphatic rings. The number of anilines is 9. The molecule has 8 heterocycles. The Morgan fingerprint density at radius 1 is 0.299 bits per heavy atom. The Morgan fingerprint density at radius 2 is 0.577 bits per heavy atom. The minimum atomic E-state index is -0.574.